The largest absolute Gasteiger partial charge is 0.484 e. The molecule has 9 heteroatoms. The predicted octanol–water partition coefficient (Wildman–Crippen LogP) is 0.834. The van der Waals surface area contributed by atoms with Crippen molar-refractivity contribution in [2.24, 2.45) is 0 Å². The van der Waals surface area contributed by atoms with E-state index < -0.39 is 15.5 Å². The molecule has 1 aromatic heterocycles. The van der Waals surface area contributed by atoms with E-state index in [0.717, 1.165) is 5.39 Å². The van der Waals surface area contributed by atoms with Crippen LogP contribution in [-0.4, -0.2) is 63.6 Å². The number of hydrogen-bond donors (Lipinski definition) is 0. The fraction of sp³-hybridized carbons (Fsp3) is 0.444. The van der Waals surface area contributed by atoms with Gasteiger partial charge in [0.25, 0.3) is 5.91 Å². The summed E-state index contributed by atoms with van der Waals surface area (Å²) in [7, 11) is -1.59. The summed E-state index contributed by atoms with van der Waals surface area (Å²) in [5.41, 5.74) is -0.102. The minimum Gasteiger partial charge on any atom is -0.484 e. The normalized spacial score (nSPS) is 18.5. The van der Waals surface area contributed by atoms with Crippen LogP contribution in [-0.2, 0) is 19.4 Å². The third-order valence-electron chi connectivity index (χ3n) is 4.46. The number of hydrogen-bond acceptors (Lipinski definition) is 7. The average Bonchev–Trinajstić information content (AvgIpc) is 2.99. The molecular formula is C18H21NO7S. The molecule has 2 aromatic rings. The highest BCUT2D eigenvalue weighted by molar-refractivity contribution is 7.91. The summed E-state index contributed by atoms with van der Waals surface area (Å²) in [6.07, 6.45) is 0.416. The lowest BCUT2D eigenvalue weighted by Gasteiger charge is -2.28. The van der Waals surface area contributed by atoms with Crippen molar-refractivity contribution in [1.29, 1.82) is 0 Å². The van der Waals surface area contributed by atoms with Crippen LogP contribution in [0.4, 0.5) is 0 Å². The van der Waals surface area contributed by atoms with E-state index >= 15 is 0 Å². The number of rotatable bonds is 7. The quantitative estimate of drug-likeness (QED) is 0.640. The zero-order valence-corrected chi connectivity index (χ0v) is 15.7. The van der Waals surface area contributed by atoms with Gasteiger partial charge in [-0.15, -0.1) is 0 Å². The van der Waals surface area contributed by atoms with Gasteiger partial charge in [-0.2, -0.15) is 0 Å². The van der Waals surface area contributed by atoms with Gasteiger partial charge in [-0.1, -0.05) is 0 Å². The molecule has 1 aliphatic heterocycles. The molecule has 1 aliphatic rings. The Morgan fingerprint density at radius 1 is 1.30 bits per heavy atom. The molecule has 2 heterocycles. The van der Waals surface area contributed by atoms with Gasteiger partial charge in [0.15, 0.2) is 16.4 Å². The lowest BCUT2D eigenvalue weighted by molar-refractivity contribution is -0.136. The van der Waals surface area contributed by atoms with E-state index in [2.05, 4.69) is 0 Å². The summed E-state index contributed by atoms with van der Waals surface area (Å²) in [4.78, 5) is 25.4. The van der Waals surface area contributed by atoms with Crippen molar-refractivity contribution in [1.82, 2.24) is 4.90 Å². The first kappa shape index (κ1) is 19.4. The Kier molecular flexibility index (Phi) is 5.81. The molecule has 1 atom stereocenters. The highest BCUT2D eigenvalue weighted by Gasteiger charge is 2.34. The Morgan fingerprint density at radius 3 is 2.78 bits per heavy atom. The zero-order valence-electron chi connectivity index (χ0n) is 14.9. The third-order valence-corrected chi connectivity index (χ3v) is 6.21. The summed E-state index contributed by atoms with van der Waals surface area (Å²) in [6.45, 7) is 0.359. The number of carbonyl (C=O) groups excluding carboxylic acids is 1. The number of carbonyl (C=O) groups is 1. The van der Waals surface area contributed by atoms with Gasteiger partial charge < -0.3 is 18.8 Å². The van der Waals surface area contributed by atoms with Crippen LogP contribution in [0.15, 0.2) is 39.5 Å². The number of sulfone groups is 1. The zero-order chi connectivity index (χ0) is 19.4. The first-order valence-corrected chi connectivity index (χ1v) is 10.4. The van der Waals surface area contributed by atoms with Gasteiger partial charge in [-0.25, -0.2) is 13.2 Å². The van der Waals surface area contributed by atoms with Gasteiger partial charge in [-0.05, 0) is 24.6 Å². The standard InChI is InChI=1S/C18H21NO7S/c1-24-8-7-19(14-6-9-27(22,23)12-14)17(20)11-25-15-4-2-13-3-5-18(21)26-16(13)10-15/h2-5,10,14H,6-9,11-12H2,1H3/t14-/m0/s1. The highest BCUT2D eigenvalue weighted by Crippen LogP contribution is 2.21. The predicted molar refractivity (Wildman–Crippen MR) is 98.6 cm³/mol. The summed E-state index contributed by atoms with van der Waals surface area (Å²) in [6, 6.07) is 7.55. The second kappa shape index (κ2) is 8.10. The number of fused-ring (bicyclic) bond motifs is 1. The van der Waals surface area contributed by atoms with Gasteiger partial charge in [0.1, 0.15) is 11.3 Å². The molecule has 0 spiro atoms. The second-order valence-electron chi connectivity index (χ2n) is 6.38. The number of benzene rings is 1. The van der Waals surface area contributed by atoms with Gasteiger partial charge in [0.2, 0.25) is 0 Å². The molecule has 1 saturated heterocycles. The topological polar surface area (TPSA) is 103 Å². The molecule has 3 rings (SSSR count). The Bertz CT molecular complexity index is 983. The molecule has 27 heavy (non-hydrogen) atoms. The second-order valence-corrected chi connectivity index (χ2v) is 8.61. The average molecular weight is 395 g/mol. The number of ether oxygens (including phenoxy) is 2. The molecule has 0 N–H and O–H groups in total. The number of amides is 1. The minimum absolute atomic E-state index is 0.0381. The first-order valence-electron chi connectivity index (χ1n) is 8.53. The van der Waals surface area contributed by atoms with E-state index in [-0.39, 0.29) is 30.1 Å². The Balaban J connectivity index is 1.69. The molecule has 0 aliphatic carbocycles. The Hall–Kier alpha value is -2.39. The molecule has 0 saturated carbocycles. The highest BCUT2D eigenvalue weighted by atomic mass is 32.2. The molecule has 146 valence electrons. The fourth-order valence-electron chi connectivity index (χ4n) is 3.08. The van der Waals surface area contributed by atoms with Crippen LogP contribution in [0.5, 0.6) is 5.75 Å². The summed E-state index contributed by atoms with van der Waals surface area (Å²) < 4.78 is 39.1. The SMILES string of the molecule is COCCN(C(=O)COc1ccc2ccc(=O)oc2c1)[C@H]1CCS(=O)(=O)C1. The first-order chi connectivity index (χ1) is 12.9. The van der Waals surface area contributed by atoms with Crippen molar-refractivity contribution in [2.45, 2.75) is 12.5 Å². The Morgan fingerprint density at radius 2 is 2.07 bits per heavy atom. The molecule has 8 nitrogen and oxygen atoms in total. The lowest BCUT2D eigenvalue weighted by atomic mass is 10.2. The minimum atomic E-state index is -3.11. The van der Waals surface area contributed by atoms with Crippen LogP contribution in [0.25, 0.3) is 11.0 Å². The van der Waals surface area contributed by atoms with E-state index in [4.69, 9.17) is 13.9 Å². The van der Waals surface area contributed by atoms with Crippen molar-refractivity contribution in [3.63, 3.8) is 0 Å². The Labute approximate surface area is 156 Å². The van der Waals surface area contributed by atoms with Crippen molar-refractivity contribution < 1.29 is 27.1 Å². The van der Waals surface area contributed by atoms with Crippen molar-refractivity contribution in [2.75, 3.05) is 38.4 Å². The maximum Gasteiger partial charge on any atom is 0.336 e. The van der Waals surface area contributed by atoms with E-state index in [1.165, 1.54) is 18.1 Å². The van der Waals surface area contributed by atoms with Crippen molar-refractivity contribution in [3.05, 3.63) is 40.8 Å². The van der Waals surface area contributed by atoms with Gasteiger partial charge >= 0.3 is 5.63 Å². The molecule has 0 bridgehead atoms. The molecular weight excluding hydrogens is 374 g/mol. The lowest BCUT2D eigenvalue weighted by Crippen LogP contribution is -2.45. The van der Waals surface area contributed by atoms with E-state index in [1.54, 1.807) is 24.3 Å². The van der Waals surface area contributed by atoms with E-state index in [9.17, 15) is 18.0 Å². The van der Waals surface area contributed by atoms with Gasteiger partial charge in [0, 0.05) is 37.2 Å². The monoisotopic (exact) mass is 395 g/mol. The van der Waals surface area contributed by atoms with Crippen LogP contribution in [0, 0.1) is 0 Å². The third kappa shape index (κ3) is 4.86. The maximum absolute atomic E-state index is 12.6. The summed E-state index contributed by atoms with van der Waals surface area (Å²) in [5, 5.41) is 0.742. The molecule has 1 aromatic carbocycles. The van der Waals surface area contributed by atoms with Crippen LogP contribution in [0.2, 0.25) is 0 Å². The van der Waals surface area contributed by atoms with Crippen molar-refractivity contribution >= 4 is 26.7 Å². The molecule has 1 fully saturated rings. The van der Waals surface area contributed by atoms with E-state index in [0.29, 0.717) is 30.9 Å². The summed E-state index contributed by atoms with van der Waals surface area (Å²) in [5.74, 6) is 0.113. The van der Waals surface area contributed by atoms with Crippen LogP contribution >= 0.6 is 0 Å². The molecule has 0 unspecified atom stereocenters. The van der Waals surface area contributed by atoms with Gasteiger partial charge in [-0.3, -0.25) is 4.79 Å². The number of methoxy groups -OCH3 is 1. The number of nitrogens with zero attached hydrogens (tertiary/aromatic N) is 1. The van der Waals surface area contributed by atoms with Crippen LogP contribution in [0.3, 0.4) is 0 Å². The van der Waals surface area contributed by atoms with E-state index in [1.807, 2.05) is 0 Å². The van der Waals surface area contributed by atoms with Gasteiger partial charge in [0.05, 0.1) is 18.1 Å². The maximum atomic E-state index is 12.6. The fourth-order valence-corrected chi connectivity index (χ4v) is 4.81. The molecule has 1 amide bonds. The smallest absolute Gasteiger partial charge is 0.336 e. The van der Waals surface area contributed by atoms with Crippen LogP contribution < -0.4 is 10.4 Å². The van der Waals surface area contributed by atoms with Crippen molar-refractivity contribution in [3.8, 4) is 5.75 Å². The molecule has 0 radical (unpaired) electrons. The van der Waals surface area contributed by atoms with Crippen LogP contribution in [0.1, 0.15) is 6.42 Å². The summed E-state index contributed by atoms with van der Waals surface area (Å²) >= 11 is 0.